The van der Waals surface area contributed by atoms with Crippen molar-refractivity contribution in [3.8, 4) is 5.75 Å². The van der Waals surface area contributed by atoms with Crippen molar-refractivity contribution in [3.05, 3.63) is 48.7 Å². The Morgan fingerprint density at radius 3 is 1.91 bits per heavy atom. The minimum absolute atomic E-state index is 0.0583. The Morgan fingerprint density at radius 2 is 1.44 bits per heavy atom. The van der Waals surface area contributed by atoms with Crippen LogP contribution in [0, 0.1) is 0 Å². The summed E-state index contributed by atoms with van der Waals surface area (Å²) in [6.45, 7) is 8.40. The van der Waals surface area contributed by atoms with E-state index in [1.807, 2.05) is 0 Å². The van der Waals surface area contributed by atoms with Gasteiger partial charge in [0.15, 0.2) is 5.03 Å². The van der Waals surface area contributed by atoms with E-state index >= 15 is 0 Å². The number of sulfone groups is 1. The lowest BCUT2D eigenvalue weighted by Gasteiger charge is -2.21. The van der Waals surface area contributed by atoms with Gasteiger partial charge >= 0.3 is 11.9 Å². The minimum atomic E-state index is -3.58. The molecule has 0 unspecified atom stereocenters. The molecular formula is C24H34N2O7S. The number of aliphatic carboxylic acids is 2. The van der Waals surface area contributed by atoms with Crippen molar-refractivity contribution in [3.63, 3.8) is 0 Å². The van der Waals surface area contributed by atoms with Crippen LogP contribution in [-0.4, -0.2) is 66.7 Å². The van der Waals surface area contributed by atoms with Crippen LogP contribution in [0.15, 0.2) is 58.6 Å². The van der Waals surface area contributed by atoms with E-state index in [9.17, 15) is 8.42 Å². The molecule has 0 atom stereocenters. The molecule has 0 radical (unpaired) electrons. The SMILES string of the molecule is CCCCN(CCCC)CCCOc1ccc(S(=O)(=O)c2ccccn2)cc1.O=C(O)C(=O)O. The second-order valence-corrected chi connectivity index (χ2v) is 9.40. The second kappa shape index (κ2) is 15.8. The number of carboxylic acids is 2. The van der Waals surface area contributed by atoms with E-state index in [-0.39, 0.29) is 9.92 Å². The van der Waals surface area contributed by atoms with Crippen LogP contribution in [0.1, 0.15) is 46.0 Å². The fraction of sp³-hybridized carbons (Fsp3) is 0.458. The van der Waals surface area contributed by atoms with Crippen molar-refractivity contribution in [1.29, 1.82) is 0 Å². The summed E-state index contributed by atoms with van der Waals surface area (Å²) in [5.74, 6) is -2.96. The van der Waals surface area contributed by atoms with Crippen molar-refractivity contribution in [2.24, 2.45) is 0 Å². The number of hydrogen-bond acceptors (Lipinski definition) is 7. The number of ether oxygens (including phenoxy) is 1. The molecule has 2 rings (SSSR count). The van der Waals surface area contributed by atoms with Gasteiger partial charge in [0, 0.05) is 12.7 Å². The molecule has 1 heterocycles. The summed E-state index contributed by atoms with van der Waals surface area (Å²) >= 11 is 0. The summed E-state index contributed by atoms with van der Waals surface area (Å²) < 4.78 is 30.9. The van der Waals surface area contributed by atoms with Crippen LogP contribution in [0.5, 0.6) is 5.75 Å². The van der Waals surface area contributed by atoms with Gasteiger partial charge in [-0.05, 0) is 68.8 Å². The van der Waals surface area contributed by atoms with Gasteiger partial charge in [-0.3, -0.25) is 0 Å². The molecule has 34 heavy (non-hydrogen) atoms. The van der Waals surface area contributed by atoms with Gasteiger partial charge in [-0.1, -0.05) is 32.8 Å². The van der Waals surface area contributed by atoms with Gasteiger partial charge in [0.25, 0.3) is 0 Å². The molecule has 0 amide bonds. The average Bonchev–Trinajstić information content (AvgIpc) is 2.84. The molecule has 0 bridgehead atoms. The zero-order valence-electron chi connectivity index (χ0n) is 19.7. The van der Waals surface area contributed by atoms with E-state index < -0.39 is 21.8 Å². The third kappa shape index (κ3) is 10.8. The van der Waals surface area contributed by atoms with Crippen LogP contribution in [0.4, 0.5) is 0 Å². The van der Waals surface area contributed by atoms with Crippen molar-refractivity contribution >= 4 is 21.8 Å². The number of carboxylic acid groups (broad SMARTS) is 2. The standard InChI is InChI=1S/C22H32N2O3S.C2H2O4/c1-3-5-16-24(17-6-4-2)18-9-19-27-20-11-13-21(14-12-20)28(25,26)22-10-7-8-15-23-22;3-1(4)2(5)6/h7-8,10-15H,3-6,9,16-19H2,1-2H3;(H,3,4)(H,5,6). The van der Waals surface area contributed by atoms with Crippen molar-refractivity contribution in [2.75, 3.05) is 26.2 Å². The summed E-state index contributed by atoms with van der Waals surface area (Å²) in [6.07, 6.45) is 7.34. The molecule has 1 aromatic heterocycles. The van der Waals surface area contributed by atoms with Crippen LogP contribution < -0.4 is 4.74 Å². The molecule has 9 nitrogen and oxygen atoms in total. The summed E-state index contributed by atoms with van der Waals surface area (Å²) in [6, 6.07) is 11.4. The number of nitrogens with zero attached hydrogens (tertiary/aromatic N) is 2. The topological polar surface area (TPSA) is 134 Å². The zero-order valence-corrected chi connectivity index (χ0v) is 20.5. The number of pyridine rings is 1. The van der Waals surface area contributed by atoms with Crippen molar-refractivity contribution < 1.29 is 33.0 Å². The number of carbonyl (C=O) groups is 2. The molecule has 1 aromatic carbocycles. The van der Waals surface area contributed by atoms with E-state index in [2.05, 4.69) is 23.7 Å². The number of rotatable bonds is 13. The molecule has 0 aliphatic heterocycles. The third-order valence-corrected chi connectivity index (χ3v) is 6.46. The zero-order chi connectivity index (χ0) is 25.4. The maximum atomic E-state index is 12.5. The van der Waals surface area contributed by atoms with E-state index in [4.69, 9.17) is 24.5 Å². The Balaban J connectivity index is 0.000000852. The largest absolute Gasteiger partial charge is 0.494 e. The highest BCUT2D eigenvalue weighted by atomic mass is 32.2. The lowest BCUT2D eigenvalue weighted by atomic mass is 10.2. The molecule has 10 heteroatoms. The normalized spacial score (nSPS) is 10.9. The molecule has 2 aromatic rings. The van der Waals surface area contributed by atoms with E-state index in [0.29, 0.717) is 12.4 Å². The van der Waals surface area contributed by atoms with Gasteiger partial charge in [-0.15, -0.1) is 0 Å². The Morgan fingerprint density at radius 1 is 0.882 bits per heavy atom. The first-order chi connectivity index (χ1) is 16.2. The molecule has 188 valence electrons. The predicted octanol–water partition coefficient (Wildman–Crippen LogP) is 3.74. The van der Waals surface area contributed by atoms with Crippen LogP contribution in [-0.2, 0) is 19.4 Å². The highest BCUT2D eigenvalue weighted by Gasteiger charge is 2.18. The van der Waals surface area contributed by atoms with E-state index in [1.54, 1.807) is 36.4 Å². The Labute approximate surface area is 201 Å². The number of unbranched alkanes of at least 4 members (excludes halogenated alkanes) is 2. The number of aromatic nitrogens is 1. The second-order valence-electron chi connectivity index (χ2n) is 7.50. The quantitative estimate of drug-likeness (QED) is 0.315. The fourth-order valence-corrected chi connectivity index (χ4v) is 4.11. The Hall–Kier alpha value is -2.98. The summed E-state index contributed by atoms with van der Waals surface area (Å²) in [4.78, 5) is 24.9. The molecule has 0 spiro atoms. The molecule has 0 saturated heterocycles. The minimum Gasteiger partial charge on any atom is -0.494 e. The van der Waals surface area contributed by atoms with Gasteiger partial charge in [-0.2, -0.15) is 0 Å². The lowest BCUT2D eigenvalue weighted by Crippen LogP contribution is -2.28. The predicted molar refractivity (Wildman–Crippen MR) is 128 cm³/mol. The lowest BCUT2D eigenvalue weighted by molar-refractivity contribution is -0.159. The highest BCUT2D eigenvalue weighted by Crippen LogP contribution is 2.21. The van der Waals surface area contributed by atoms with Crippen LogP contribution in [0.3, 0.4) is 0 Å². The van der Waals surface area contributed by atoms with Crippen LogP contribution >= 0.6 is 0 Å². The molecule has 0 aliphatic rings. The van der Waals surface area contributed by atoms with Crippen LogP contribution in [0.25, 0.3) is 0 Å². The first-order valence-electron chi connectivity index (χ1n) is 11.3. The van der Waals surface area contributed by atoms with E-state index in [0.717, 1.165) is 26.1 Å². The highest BCUT2D eigenvalue weighted by molar-refractivity contribution is 7.91. The van der Waals surface area contributed by atoms with E-state index in [1.165, 1.54) is 37.9 Å². The Bertz CT molecular complexity index is 945. The fourth-order valence-electron chi connectivity index (χ4n) is 2.92. The summed E-state index contributed by atoms with van der Waals surface area (Å²) in [7, 11) is -3.58. The first-order valence-corrected chi connectivity index (χ1v) is 12.8. The van der Waals surface area contributed by atoms with Gasteiger partial charge in [-0.25, -0.2) is 23.0 Å². The van der Waals surface area contributed by atoms with Gasteiger partial charge in [0.05, 0.1) is 11.5 Å². The summed E-state index contributed by atoms with van der Waals surface area (Å²) in [5.41, 5.74) is 0. The number of hydrogen-bond donors (Lipinski definition) is 2. The first kappa shape index (κ1) is 29.1. The smallest absolute Gasteiger partial charge is 0.414 e. The van der Waals surface area contributed by atoms with Gasteiger partial charge in [0.1, 0.15) is 5.75 Å². The third-order valence-electron chi connectivity index (χ3n) is 4.77. The molecule has 2 N–H and O–H groups in total. The van der Waals surface area contributed by atoms with Crippen molar-refractivity contribution in [2.45, 2.75) is 55.9 Å². The molecular weight excluding hydrogens is 460 g/mol. The molecule has 0 aliphatic carbocycles. The van der Waals surface area contributed by atoms with Gasteiger partial charge in [0.2, 0.25) is 9.84 Å². The van der Waals surface area contributed by atoms with Crippen LogP contribution in [0.2, 0.25) is 0 Å². The maximum absolute atomic E-state index is 12.5. The number of benzene rings is 1. The summed E-state index contributed by atoms with van der Waals surface area (Å²) in [5, 5.41) is 14.8. The monoisotopic (exact) mass is 494 g/mol. The maximum Gasteiger partial charge on any atom is 0.414 e. The Kier molecular flexibility index (Phi) is 13.5. The van der Waals surface area contributed by atoms with Crippen molar-refractivity contribution in [1.82, 2.24) is 9.88 Å². The van der Waals surface area contributed by atoms with Gasteiger partial charge < -0.3 is 19.8 Å². The molecule has 0 saturated carbocycles. The average molecular weight is 495 g/mol. The molecule has 0 fully saturated rings.